The standard InChI is InChI=1S/C3H4Cl2O2.K.H/c4-2(5)1-3(6)7;;/h2H,1H2,(H,6,7);;. The van der Waals surface area contributed by atoms with Gasteiger partial charge >= 0.3 is 57.4 Å². The Kier molecular flexibility index (Phi) is 10.5. The van der Waals surface area contributed by atoms with Gasteiger partial charge in [-0.15, -0.1) is 23.2 Å². The van der Waals surface area contributed by atoms with Crippen LogP contribution in [0.15, 0.2) is 0 Å². The number of alkyl halides is 2. The van der Waals surface area contributed by atoms with E-state index in [2.05, 4.69) is 0 Å². The van der Waals surface area contributed by atoms with Crippen LogP contribution in [0.1, 0.15) is 6.42 Å². The predicted molar refractivity (Wildman–Crippen MR) is 34.9 cm³/mol. The Labute approximate surface area is 100.0 Å². The summed E-state index contributed by atoms with van der Waals surface area (Å²) in [7, 11) is 0. The van der Waals surface area contributed by atoms with E-state index < -0.39 is 10.8 Å². The fraction of sp³-hybridized carbons (Fsp3) is 0.667. The fourth-order valence-electron chi connectivity index (χ4n) is 0.132. The van der Waals surface area contributed by atoms with Gasteiger partial charge in [0.05, 0.1) is 6.42 Å². The molecule has 0 saturated carbocycles. The zero-order valence-electron chi connectivity index (χ0n) is 3.40. The third-order valence-electron chi connectivity index (χ3n) is 0.329. The summed E-state index contributed by atoms with van der Waals surface area (Å²) in [6.07, 6.45) is -0.191. The number of halogens is 2. The molecule has 8 heavy (non-hydrogen) atoms. The van der Waals surface area contributed by atoms with Crippen LogP contribution in [-0.4, -0.2) is 67.3 Å². The van der Waals surface area contributed by atoms with Gasteiger partial charge in [0.2, 0.25) is 0 Å². The normalized spacial score (nSPS) is 8.38. The monoisotopic (exact) mass is 182 g/mol. The van der Waals surface area contributed by atoms with Crippen LogP contribution >= 0.6 is 23.2 Å². The topological polar surface area (TPSA) is 37.3 Å². The van der Waals surface area contributed by atoms with Crippen LogP contribution in [0.2, 0.25) is 0 Å². The van der Waals surface area contributed by atoms with E-state index in [-0.39, 0.29) is 57.8 Å². The van der Waals surface area contributed by atoms with Gasteiger partial charge in [0.1, 0.15) is 4.84 Å². The van der Waals surface area contributed by atoms with E-state index >= 15 is 0 Å². The summed E-state index contributed by atoms with van der Waals surface area (Å²) in [5, 5.41) is 7.92. The van der Waals surface area contributed by atoms with Gasteiger partial charge in [0.15, 0.2) is 0 Å². The Morgan fingerprint density at radius 1 is 1.62 bits per heavy atom. The quantitative estimate of drug-likeness (QED) is 0.503. The van der Waals surface area contributed by atoms with Gasteiger partial charge in [-0.25, -0.2) is 0 Å². The van der Waals surface area contributed by atoms with Crippen molar-refractivity contribution in [3.05, 3.63) is 0 Å². The fourth-order valence-corrected chi connectivity index (χ4v) is 0.396. The van der Waals surface area contributed by atoms with Crippen molar-refractivity contribution < 1.29 is 9.90 Å². The first-order valence-corrected chi connectivity index (χ1v) is 2.50. The van der Waals surface area contributed by atoms with Gasteiger partial charge in [-0.05, 0) is 0 Å². The summed E-state index contributed by atoms with van der Waals surface area (Å²) < 4.78 is 0. The molecule has 0 heterocycles. The molecule has 0 unspecified atom stereocenters. The molecular weight excluding hydrogens is 178 g/mol. The van der Waals surface area contributed by atoms with Crippen LogP contribution in [-0.2, 0) is 4.79 Å². The zero-order chi connectivity index (χ0) is 5.86. The molecule has 0 aromatic carbocycles. The minimum absolute atomic E-state index is 0. The Balaban J connectivity index is 0. The first-order valence-electron chi connectivity index (χ1n) is 1.63. The van der Waals surface area contributed by atoms with Crippen LogP contribution in [0.5, 0.6) is 0 Å². The second-order valence-electron chi connectivity index (χ2n) is 0.989. The minimum atomic E-state index is -0.977. The molecule has 1 N–H and O–H groups in total. The molecule has 2 nitrogen and oxygen atoms in total. The maximum atomic E-state index is 9.64. The van der Waals surface area contributed by atoms with Crippen molar-refractivity contribution in [2.45, 2.75) is 11.3 Å². The molecule has 0 aliphatic carbocycles. The summed E-state index contributed by atoms with van der Waals surface area (Å²) in [5.74, 6) is -0.977. The maximum absolute atomic E-state index is 9.64. The number of carboxylic acid groups (broad SMARTS) is 1. The number of rotatable bonds is 2. The third-order valence-corrected chi connectivity index (χ3v) is 0.638. The first kappa shape index (κ1) is 12.4. The summed E-state index contributed by atoms with van der Waals surface area (Å²) in [6, 6.07) is 0. The molecule has 0 aliphatic heterocycles. The Bertz CT molecular complexity index is 75.7. The molecule has 0 rings (SSSR count). The average molecular weight is 183 g/mol. The SMILES string of the molecule is O=C(O)CC(Cl)Cl.[KH]. The van der Waals surface area contributed by atoms with E-state index in [1.54, 1.807) is 0 Å². The summed E-state index contributed by atoms with van der Waals surface area (Å²) in [5.41, 5.74) is 0. The molecule has 0 spiro atoms. The van der Waals surface area contributed by atoms with Crippen LogP contribution in [0.3, 0.4) is 0 Å². The van der Waals surface area contributed by atoms with Crippen molar-refractivity contribution in [3.8, 4) is 0 Å². The van der Waals surface area contributed by atoms with Crippen molar-refractivity contribution in [1.82, 2.24) is 0 Å². The number of hydrogen-bond acceptors (Lipinski definition) is 1. The molecule has 0 aromatic rings. The van der Waals surface area contributed by atoms with Gasteiger partial charge in [0.25, 0.3) is 0 Å². The molecule has 5 heteroatoms. The summed E-state index contributed by atoms with van der Waals surface area (Å²) in [4.78, 5) is 8.86. The number of carbonyl (C=O) groups is 1. The molecule has 0 aromatic heterocycles. The molecule has 0 fully saturated rings. The Morgan fingerprint density at radius 3 is 2.00 bits per heavy atom. The number of hydrogen-bond donors (Lipinski definition) is 1. The van der Waals surface area contributed by atoms with Gasteiger partial charge in [0, 0.05) is 0 Å². The van der Waals surface area contributed by atoms with Crippen molar-refractivity contribution in [1.29, 1.82) is 0 Å². The van der Waals surface area contributed by atoms with E-state index in [9.17, 15) is 4.79 Å². The zero-order valence-corrected chi connectivity index (χ0v) is 4.91. The molecular formula is C3H5Cl2KO2. The predicted octanol–water partition coefficient (Wildman–Crippen LogP) is 0.616. The molecule has 0 atom stereocenters. The Morgan fingerprint density at radius 2 is 2.00 bits per heavy atom. The van der Waals surface area contributed by atoms with Crippen LogP contribution in [0.4, 0.5) is 0 Å². The van der Waals surface area contributed by atoms with Gasteiger partial charge in [-0.2, -0.15) is 0 Å². The van der Waals surface area contributed by atoms with Crippen molar-refractivity contribution in [2.24, 2.45) is 0 Å². The number of aliphatic carboxylic acids is 1. The van der Waals surface area contributed by atoms with E-state index in [0.717, 1.165) is 0 Å². The van der Waals surface area contributed by atoms with E-state index in [1.807, 2.05) is 0 Å². The summed E-state index contributed by atoms with van der Waals surface area (Å²) >= 11 is 10.1. The van der Waals surface area contributed by atoms with Crippen molar-refractivity contribution in [2.75, 3.05) is 0 Å². The molecule has 0 aliphatic rings. The van der Waals surface area contributed by atoms with Gasteiger partial charge in [-0.1, -0.05) is 0 Å². The van der Waals surface area contributed by atoms with Crippen molar-refractivity contribution in [3.63, 3.8) is 0 Å². The van der Waals surface area contributed by atoms with E-state index in [4.69, 9.17) is 28.3 Å². The van der Waals surface area contributed by atoms with Crippen molar-refractivity contribution >= 4 is 80.6 Å². The molecule has 0 radical (unpaired) electrons. The van der Waals surface area contributed by atoms with Crippen LogP contribution < -0.4 is 0 Å². The van der Waals surface area contributed by atoms with Crippen LogP contribution in [0.25, 0.3) is 0 Å². The molecule has 44 valence electrons. The van der Waals surface area contributed by atoms with Crippen LogP contribution in [0, 0.1) is 0 Å². The molecule has 0 bridgehead atoms. The summed E-state index contributed by atoms with van der Waals surface area (Å²) in [6.45, 7) is 0. The molecule has 0 amide bonds. The Hall–Kier alpha value is 1.69. The first-order chi connectivity index (χ1) is 3.13. The average Bonchev–Trinajstić information content (AvgIpc) is 1.27. The van der Waals surface area contributed by atoms with Gasteiger partial charge < -0.3 is 5.11 Å². The number of carboxylic acids is 1. The van der Waals surface area contributed by atoms with E-state index in [0.29, 0.717) is 0 Å². The second-order valence-corrected chi connectivity index (χ2v) is 2.27. The third kappa shape index (κ3) is 10.6. The second kappa shape index (κ2) is 6.80. The van der Waals surface area contributed by atoms with E-state index in [1.165, 1.54) is 0 Å². The molecule has 0 saturated heterocycles. The van der Waals surface area contributed by atoms with Gasteiger partial charge in [-0.3, -0.25) is 4.79 Å².